The molecule has 0 unspecified atom stereocenters. The van der Waals surface area contributed by atoms with Gasteiger partial charge in [0.05, 0.1) is 12.4 Å². The van der Waals surface area contributed by atoms with E-state index < -0.39 is 0 Å². The molecule has 0 spiro atoms. The first-order valence-corrected chi connectivity index (χ1v) is 10.6. The van der Waals surface area contributed by atoms with Gasteiger partial charge in [0, 0.05) is 36.5 Å². The van der Waals surface area contributed by atoms with Crippen LogP contribution in [0.4, 0.5) is 0 Å². The SMILES string of the molecule is C1CCNCC1.c1cc[nH]c1.c1ccc2[nH]ccc2c1.c1cncnc1.c1cnnnc1. The minimum Gasteiger partial charge on any atom is -0.368 e. The van der Waals surface area contributed by atoms with Crippen LogP contribution in [0.3, 0.4) is 0 Å². The van der Waals surface area contributed by atoms with E-state index in [9.17, 15) is 0 Å². The van der Waals surface area contributed by atoms with Gasteiger partial charge in [-0.3, -0.25) is 0 Å². The third kappa shape index (κ3) is 12.6. The van der Waals surface area contributed by atoms with Crippen LogP contribution in [0.1, 0.15) is 19.3 Å². The van der Waals surface area contributed by atoms with Crippen molar-refractivity contribution in [3.63, 3.8) is 0 Å². The van der Waals surface area contributed by atoms with Gasteiger partial charge in [0.25, 0.3) is 0 Å². The van der Waals surface area contributed by atoms with Crippen LogP contribution >= 0.6 is 0 Å². The summed E-state index contributed by atoms with van der Waals surface area (Å²) in [7, 11) is 0. The van der Waals surface area contributed by atoms with Gasteiger partial charge in [0.1, 0.15) is 6.33 Å². The highest BCUT2D eigenvalue weighted by Gasteiger charge is 1.93. The zero-order valence-corrected chi connectivity index (χ0v) is 18.1. The molecule has 1 aromatic carbocycles. The van der Waals surface area contributed by atoms with E-state index in [2.05, 4.69) is 58.9 Å². The number of para-hydroxylation sites is 1. The molecule has 5 aromatic rings. The molecule has 1 saturated heterocycles. The van der Waals surface area contributed by atoms with Gasteiger partial charge in [-0.15, -0.1) is 10.2 Å². The summed E-state index contributed by atoms with van der Waals surface area (Å²) in [5.41, 5.74) is 1.21. The summed E-state index contributed by atoms with van der Waals surface area (Å²) in [5, 5.41) is 14.7. The Balaban J connectivity index is 0.000000144. The Morgan fingerprint density at radius 2 is 1.31 bits per heavy atom. The molecule has 0 radical (unpaired) electrons. The standard InChI is InChI=1S/C8H7N.C5H11N.C4H4N2.C4H5N.C3H3N3/c1-2-4-8-7(3-1)5-6-9-8;1-2-4-6-5-3-1;1-2-5-4-6-3-1;1-2-4-5-3-1;1-2-4-6-5-3-1/h1-6,9H;6H,1-5H2;1-4H;1-5H;1-3H. The van der Waals surface area contributed by atoms with Gasteiger partial charge in [0.15, 0.2) is 0 Å². The van der Waals surface area contributed by atoms with Gasteiger partial charge in [0.2, 0.25) is 0 Å². The largest absolute Gasteiger partial charge is 0.368 e. The van der Waals surface area contributed by atoms with Crippen LogP contribution in [0.2, 0.25) is 0 Å². The minimum absolute atomic E-state index is 1.21. The molecule has 0 atom stereocenters. The molecule has 1 fully saturated rings. The lowest BCUT2D eigenvalue weighted by molar-refractivity contribution is 0.520. The molecular formula is C24H30N8. The monoisotopic (exact) mass is 430 g/mol. The second kappa shape index (κ2) is 17.9. The van der Waals surface area contributed by atoms with Crippen molar-refractivity contribution >= 4 is 10.9 Å². The van der Waals surface area contributed by atoms with Gasteiger partial charge in [-0.25, -0.2) is 9.97 Å². The summed E-state index contributed by atoms with van der Waals surface area (Å²) in [4.78, 5) is 13.3. The fourth-order valence-corrected chi connectivity index (χ4v) is 2.53. The predicted octanol–water partition coefficient (Wildman–Crippen LogP) is 4.29. The van der Waals surface area contributed by atoms with Gasteiger partial charge < -0.3 is 15.3 Å². The maximum Gasteiger partial charge on any atom is 0.115 e. The van der Waals surface area contributed by atoms with E-state index in [1.54, 1.807) is 36.9 Å². The van der Waals surface area contributed by atoms with Crippen molar-refractivity contribution in [3.8, 4) is 0 Å². The summed E-state index contributed by atoms with van der Waals surface area (Å²) in [5.74, 6) is 0. The Bertz CT molecular complexity index is 840. The normalized spacial score (nSPS) is 11.6. The second-order valence-corrected chi connectivity index (χ2v) is 6.48. The van der Waals surface area contributed by atoms with Crippen LogP contribution in [0.25, 0.3) is 10.9 Å². The highest BCUT2D eigenvalue weighted by molar-refractivity contribution is 5.78. The van der Waals surface area contributed by atoms with Crippen LogP contribution in [0.15, 0.2) is 104 Å². The van der Waals surface area contributed by atoms with Gasteiger partial charge in [-0.05, 0) is 72.9 Å². The van der Waals surface area contributed by atoms with Gasteiger partial charge in [-0.1, -0.05) is 24.6 Å². The van der Waals surface area contributed by atoms with E-state index >= 15 is 0 Å². The average Bonchev–Trinajstić information content (AvgIpc) is 3.64. The Morgan fingerprint density at radius 1 is 0.625 bits per heavy atom. The molecule has 3 N–H and O–H groups in total. The minimum atomic E-state index is 1.21. The van der Waals surface area contributed by atoms with Crippen molar-refractivity contribution in [2.75, 3.05) is 13.1 Å². The molecule has 1 aliphatic heterocycles. The van der Waals surface area contributed by atoms with Crippen molar-refractivity contribution in [1.82, 2.24) is 40.7 Å². The highest BCUT2D eigenvalue weighted by Crippen LogP contribution is 2.09. The van der Waals surface area contributed by atoms with Crippen LogP contribution in [-0.4, -0.2) is 48.4 Å². The maximum atomic E-state index is 3.67. The number of rotatable bonds is 0. The van der Waals surface area contributed by atoms with Crippen LogP contribution in [0.5, 0.6) is 0 Å². The molecule has 0 amide bonds. The lowest BCUT2D eigenvalue weighted by Crippen LogP contribution is -2.21. The highest BCUT2D eigenvalue weighted by atomic mass is 15.3. The molecule has 4 aromatic heterocycles. The summed E-state index contributed by atoms with van der Waals surface area (Å²) >= 11 is 0. The van der Waals surface area contributed by atoms with Crippen LogP contribution in [-0.2, 0) is 0 Å². The third-order valence-corrected chi connectivity index (χ3v) is 4.05. The Morgan fingerprint density at radius 3 is 1.69 bits per heavy atom. The lowest BCUT2D eigenvalue weighted by Gasteiger charge is -2.08. The second-order valence-electron chi connectivity index (χ2n) is 6.48. The number of benzene rings is 1. The topological polar surface area (TPSA) is 108 Å². The molecule has 8 nitrogen and oxygen atoms in total. The van der Waals surface area contributed by atoms with Gasteiger partial charge in [-0.2, -0.15) is 0 Å². The summed E-state index contributed by atoms with van der Waals surface area (Å²) in [6.45, 7) is 2.50. The Kier molecular flexibility index (Phi) is 13.6. The van der Waals surface area contributed by atoms with Crippen molar-refractivity contribution in [3.05, 3.63) is 104 Å². The molecule has 1 aliphatic rings. The zero-order chi connectivity index (χ0) is 22.4. The summed E-state index contributed by atoms with van der Waals surface area (Å²) in [6.07, 6.45) is 17.9. The van der Waals surface area contributed by atoms with Crippen LogP contribution in [0, 0.1) is 0 Å². The number of fused-ring (bicyclic) bond motifs is 1. The molecule has 32 heavy (non-hydrogen) atoms. The quantitative estimate of drug-likeness (QED) is 0.338. The van der Waals surface area contributed by atoms with Crippen molar-refractivity contribution < 1.29 is 0 Å². The zero-order valence-electron chi connectivity index (χ0n) is 18.1. The summed E-state index contributed by atoms with van der Waals surface area (Å²) < 4.78 is 0. The number of aromatic amines is 2. The maximum absolute atomic E-state index is 3.67. The molecule has 0 aliphatic carbocycles. The Hall–Kier alpha value is -3.91. The van der Waals surface area contributed by atoms with Crippen molar-refractivity contribution in [2.45, 2.75) is 19.3 Å². The van der Waals surface area contributed by atoms with Crippen molar-refractivity contribution in [2.24, 2.45) is 0 Å². The van der Waals surface area contributed by atoms with E-state index in [4.69, 9.17) is 0 Å². The first-order valence-electron chi connectivity index (χ1n) is 10.6. The molecule has 0 saturated carbocycles. The molecule has 8 heteroatoms. The van der Waals surface area contributed by atoms with E-state index in [1.165, 1.54) is 49.6 Å². The number of aromatic nitrogens is 7. The number of nitrogens with one attached hydrogen (secondary N) is 3. The smallest absolute Gasteiger partial charge is 0.115 e. The average molecular weight is 431 g/mol. The number of H-pyrrole nitrogens is 2. The lowest BCUT2D eigenvalue weighted by atomic mass is 10.2. The molecule has 0 bridgehead atoms. The van der Waals surface area contributed by atoms with Gasteiger partial charge >= 0.3 is 0 Å². The summed E-state index contributed by atoms with van der Waals surface area (Å²) in [6, 6.07) is 17.7. The first kappa shape index (κ1) is 24.4. The number of hydrogen-bond acceptors (Lipinski definition) is 6. The Labute approximate surface area is 188 Å². The number of hydrogen-bond donors (Lipinski definition) is 3. The van der Waals surface area contributed by atoms with E-state index in [1.807, 2.05) is 42.9 Å². The molecule has 6 rings (SSSR count). The van der Waals surface area contributed by atoms with E-state index in [-0.39, 0.29) is 0 Å². The van der Waals surface area contributed by atoms with Crippen molar-refractivity contribution in [1.29, 1.82) is 0 Å². The fourth-order valence-electron chi connectivity index (χ4n) is 2.53. The predicted molar refractivity (Wildman–Crippen MR) is 128 cm³/mol. The third-order valence-electron chi connectivity index (χ3n) is 4.05. The molecular weight excluding hydrogens is 400 g/mol. The number of piperidine rings is 1. The van der Waals surface area contributed by atoms with Crippen LogP contribution < -0.4 is 5.32 Å². The van der Waals surface area contributed by atoms with E-state index in [0.717, 1.165) is 0 Å². The number of nitrogens with zero attached hydrogens (tertiary/aromatic N) is 5. The molecule has 166 valence electrons. The molecule has 5 heterocycles. The fraction of sp³-hybridized carbons (Fsp3) is 0.208. The first-order chi connectivity index (χ1) is 16.0. The van der Waals surface area contributed by atoms with E-state index in [0.29, 0.717) is 0 Å².